The van der Waals surface area contributed by atoms with Gasteiger partial charge in [-0.1, -0.05) is 18.7 Å². The van der Waals surface area contributed by atoms with Crippen molar-refractivity contribution >= 4 is 5.91 Å². The van der Waals surface area contributed by atoms with Crippen molar-refractivity contribution in [2.45, 2.75) is 38.2 Å². The third-order valence-electron chi connectivity index (χ3n) is 4.55. The number of amides is 1. The van der Waals surface area contributed by atoms with Gasteiger partial charge in [0.2, 0.25) is 5.88 Å². The van der Waals surface area contributed by atoms with Gasteiger partial charge in [-0.3, -0.25) is 4.79 Å². The molecule has 1 amide bonds. The minimum Gasteiger partial charge on any atom is -0.474 e. The molecule has 2 N–H and O–H groups in total. The summed E-state index contributed by atoms with van der Waals surface area (Å²) in [4.78, 5) is 15.7. The van der Waals surface area contributed by atoms with Gasteiger partial charge in [-0.05, 0) is 49.1 Å². The summed E-state index contributed by atoms with van der Waals surface area (Å²) in [5.41, 5.74) is 7.25. The van der Waals surface area contributed by atoms with E-state index < -0.39 is 30.2 Å². The number of primary amides is 1. The maximum Gasteiger partial charge on any atom is 0.269 e. The average molecular weight is 376 g/mol. The largest absolute Gasteiger partial charge is 0.474 e. The van der Waals surface area contributed by atoms with E-state index in [2.05, 4.69) is 11.6 Å². The molecule has 3 rings (SSSR count). The molecule has 0 unspecified atom stereocenters. The number of halogens is 3. The number of alkyl halides is 2. The summed E-state index contributed by atoms with van der Waals surface area (Å²) in [5.74, 6) is -4.31. The number of nitrogens with zero attached hydrogens (tertiary/aromatic N) is 1. The first-order chi connectivity index (χ1) is 12.7. The Labute approximate surface area is 154 Å². The van der Waals surface area contributed by atoms with Crippen molar-refractivity contribution in [3.63, 3.8) is 0 Å². The zero-order valence-electron chi connectivity index (χ0n) is 14.8. The second-order valence-corrected chi connectivity index (χ2v) is 6.63. The number of aryl methyl sites for hydroxylation is 1. The number of allylic oxidation sites excluding steroid dienone is 1. The summed E-state index contributed by atoms with van der Waals surface area (Å²) in [6, 6.07) is 6.13. The van der Waals surface area contributed by atoms with Crippen LogP contribution < -0.4 is 10.5 Å². The van der Waals surface area contributed by atoms with Gasteiger partial charge in [-0.15, -0.1) is 0 Å². The fourth-order valence-corrected chi connectivity index (χ4v) is 3.15. The number of fused-ring (bicyclic) bond motifs is 1. The molecular weight excluding hydrogens is 357 g/mol. The lowest BCUT2D eigenvalue weighted by Gasteiger charge is -2.29. The molecule has 0 saturated heterocycles. The van der Waals surface area contributed by atoms with Crippen molar-refractivity contribution in [3.8, 4) is 17.0 Å². The van der Waals surface area contributed by atoms with Crippen LogP contribution in [0.15, 0.2) is 36.9 Å². The number of benzene rings is 1. The van der Waals surface area contributed by atoms with Gasteiger partial charge >= 0.3 is 0 Å². The summed E-state index contributed by atoms with van der Waals surface area (Å²) in [6.07, 6.45) is -0.0909. The SMILES string of the molecule is C=CC(F)(F)C[C@H]1CCc2c(-c3ccc(C)cc3F)cc(C(N)=O)nc2O1. The lowest BCUT2D eigenvalue weighted by Crippen LogP contribution is -2.31. The van der Waals surface area contributed by atoms with Gasteiger partial charge in [0.1, 0.15) is 17.6 Å². The first kappa shape index (κ1) is 18.9. The minimum atomic E-state index is -3.07. The molecule has 142 valence electrons. The molecule has 0 fully saturated rings. The van der Waals surface area contributed by atoms with E-state index in [4.69, 9.17) is 10.5 Å². The number of aromatic nitrogens is 1. The van der Waals surface area contributed by atoms with Crippen molar-refractivity contribution < 1.29 is 22.7 Å². The Morgan fingerprint density at radius 2 is 2.15 bits per heavy atom. The molecule has 1 aromatic heterocycles. The van der Waals surface area contributed by atoms with E-state index >= 15 is 0 Å². The van der Waals surface area contributed by atoms with E-state index in [-0.39, 0.29) is 17.1 Å². The molecule has 0 bridgehead atoms. The van der Waals surface area contributed by atoms with Crippen molar-refractivity contribution in [1.29, 1.82) is 0 Å². The maximum absolute atomic E-state index is 14.5. The summed E-state index contributed by atoms with van der Waals surface area (Å²) in [6.45, 7) is 4.89. The standard InChI is InChI=1S/C20H19F3N2O2/c1-3-20(22,23)10-12-5-7-14-15(13-6-4-11(2)8-16(13)21)9-17(18(24)26)25-19(14)27-12/h3-4,6,8-9,12H,1,5,7,10H2,2H3,(H2,24,26)/t12-/m1/s1. The molecule has 1 atom stereocenters. The van der Waals surface area contributed by atoms with E-state index in [0.717, 1.165) is 5.56 Å². The van der Waals surface area contributed by atoms with Crippen molar-refractivity contribution in [1.82, 2.24) is 4.98 Å². The number of rotatable bonds is 5. The topological polar surface area (TPSA) is 65.2 Å². The monoisotopic (exact) mass is 376 g/mol. The number of carbonyl (C=O) groups is 1. The first-order valence-corrected chi connectivity index (χ1v) is 8.48. The smallest absolute Gasteiger partial charge is 0.269 e. The minimum absolute atomic E-state index is 0.0392. The van der Waals surface area contributed by atoms with Crippen molar-refractivity contribution in [2.75, 3.05) is 0 Å². The summed E-state index contributed by atoms with van der Waals surface area (Å²) in [5, 5.41) is 0. The summed E-state index contributed by atoms with van der Waals surface area (Å²) >= 11 is 0. The molecule has 27 heavy (non-hydrogen) atoms. The molecule has 0 radical (unpaired) electrons. The molecule has 0 saturated carbocycles. The molecule has 0 spiro atoms. The highest BCUT2D eigenvalue weighted by atomic mass is 19.3. The van der Waals surface area contributed by atoms with Crippen LogP contribution in [0.3, 0.4) is 0 Å². The lowest BCUT2D eigenvalue weighted by molar-refractivity contribution is -0.00101. The van der Waals surface area contributed by atoms with Gasteiger partial charge in [0.15, 0.2) is 0 Å². The van der Waals surface area contributed by atoms with Crippen LogP contribution in [-0.4, -0.2) is 22.9 Å². The average Bonchev–Trinajstić information content (AvgIpc) is 2.60. The summed E-state index contributed by atoms with van der Waals surface area (Å²) in [7, 11) is 0. The third-order valence-corrected chi connectivity index (χ3v) is 4.55. The normalized spacial score (nSPS) is 16.4. The highest BCUT2D eigenvalue weighted by molar-refractivity contribution is 5.93. The van der Waals surface area contributed by atoms with Crippen LogP contribution in [0.2, 0.25) is 0 Å². The van der Waals surface area contributed by atoms with E-state index in [0.29, 0.717) is 30.0 Å². The fourth-order valence-electron chi connectivity index (χ4n) is 3.15. The Morgan fingerprint density at radius 3 is 2.78 bits per heavy atom. The van der Waals surface area contributed by atoms with Crippen LogP contribution in [0, 0.1) is 12.7 Å². The molecule has 0 aliphatic carbocycles. The summed E-state index contributed by atoms with van der Waals surface area (Å²) < 4.78 is 47.3. The van der Waals surface area contributed by atoms with Crippen LogP contribution in [-0.2, 0) is 6.42 Å². The lowest BCUT2D eigenvalue weighted by atomic mass is 9.92. The Kier molecular flexibility index (Phi) is 4.95. The molecule has 1 aliphatic heterocycles. The Hall–Kier alpha value is -2.83. The number of carbonyl (C=O) groups excluding carboxylic acids is 1. The quantitative estimate of drug-likeness (QED) is 0.796. The predicted octanol–water partition coefficient (Wildman–Crippen LogP) is 4.20. The number of pyridine rings is 1. The zero-order valence-corrected chi connectivity index (χ0v) is 14.8. The molecule has 4 nitrogen and oxygen atoms in total. The molecule has 7 heteroatoms. The second kappa shape index (κ2) is 7.06. The Morgan fingerprint density at radius 1 is 1.41 bits per heavy atom. The molecule has 1 aromatic carbocycles. The number of nitrogens with two attached hydrogens (primary N) is 1. The number of ether oxygens (including phenoxy) is 1. The van der Waals surface area contributed by atoms with Gasteiger partial charge in [0, 0.05) is 11.1 Å². The Bertz CT molecular complexity index is 912. The first-order valence-electron chi connectivity index (χ1n) is 8.48. The highest BCUT2D eigenvalue weighted by Gasteiger charge is 2.34. The van der Waals surface area contributed by atoms with Crippen LogP contribution >= 0.6 is 0 Å². The van der Waals surface area contributed by atoms with Crippen LogP contribution in [0.4, 0.5) is 13.2 Å². The van der Waals surface area contributed by atoms with E-state index in [1.165, 1.54) is 12.1 Å². The van der Waals surface area contributed by atoms with Gasteiger partial charge in [0.25, 0.3) is 11.8 Å². The van der Waals surface area contributed by atoms with Crippen molar-refractivity contribution in [3.05, 3.63) is 59.6 Å². The van der Waals surface area contributed by atoms with Crippen LogP contribution in [0.25, 0.3) is 11.1 Å². The number of hydrogen-bond donors (Lipinski definition) is 1. The van der Waals surface area contributed by atoms with Gasteiger partial charge in [-0.2, -0.15) is 0 Å². The molecular formula is C20H19F3N2O2. The van der Waals surface area contributed by atoms with Gasteiger partial charge in [0.05, 0.1) is 6.42 Å². The highest BCUT2D eigenvalue weighted by Crippen LogP contribution is 2.38. The van der Waals surface area contributed by atoms with E-state index in [1.807, 2.05) is 0 Å². The number of hydrogen-bond acceptors (Lipinski definition) is 3. The fraction of sp³-hybridized carbons (Fsp3) is 0.300. The molecule has 2 aromatic rings. The van der Waals surface area contributed by atoms with Crippen molar-refractivity contribution in [2.24, 2.45) is 5.73 Å². The molecule has 2 heterocycles. The van der Waals surface area contributed by atoms with Crippen LogP contribution in [0.1, 0.15) is 34.5 Å². The predicted molar refractivity (Wildman–Crippen MR) is 95.4 cm³/mol. The van der Waals surface area contributed by atoms with E-state index in [1.54, 1.807) is 19.1 Å². The van der Waals surface area contributed by atoms with Gasteiger partial charge in [-0.25, -0.2) is 18.2 Å². The van der Waals surface area contributed by atoms with Gasteiger partial charge < -0.3 is 10.5 Å². The third kappa shape index (κ3) is 3.97. The maximum atomic E-state index is 14.5. The zero-order chi connectivity index (χ0) is 19.8. The Balaban J connectivity index is 2.06. The molecule has 1 aliphatic rings. The van der Waals surface area contributed by atoms with E-state index in [9.17, 15) is 18.0 Å². The van der Waals surface area contributed by atoms with Crippen LogP contribution in [0.5, 0.6) is 5.88 Å². The second-order valence-electron chi connectivity index (χ2n) is 6.63.